The number of carbonyl (C=O) groups is 2. The second kappa shape index (κ2) is 4.94. The van der Waals surface area contributed by atoms with E-state index < -0.39 is 11.8 Å². The van der Waals surface area contributed by atoms with Gasteiger partial charge < -0.3 is 4.74 Å². The Bertz CT molecular complexity index is 399. The highest BCUT2D eigenvalue weighted by Crippen LogP contribution is 2.17. The Labute approximate surface area is 93.0 Å². The van der Waals surface area contributed by atoms with Crippen LogP contribution in [0.5, 0.6) is 0 Å². The van der Waals surface area contributed by atoms with Gasteiger partial charge in [-0.05, 0) is 24.1 Å². The van der Waals surface area contributed by atoms with Crippen molar-refractivity contribution in [2.24, 2.45) is 0 Å². The second-order valence-corrected chi connectivity index (χ2v) is 3.58. The molecule has 1 aromatic rings. The van der Waals surface area contributed by atoms with E-state index in [1.807, 2.05) is 13.0 Å². The summed E-state index contributed by atoms with van der Waals surface area (Å²) in [4.78, 5) is 22.1. The Morgan fingerprint density at radius 1 is 1.40 bits per heavy atom. The third-order valence-corrected chi connectivity index (χ3v) is 2.42. The Balaban J connectivity index is 2.77. The quantitative estimate of drug-likeness (QED) is 0.584. The van der Waals surface area contributed by atoms with Crippen molar-refractivity contribution in [1.29, 1.82) is 0 Å². The lowest BCUT2D eigenvalue weighted by atomic mass is 10.1. The van der Waals surface area contributed by atoms with Gasteiger partial charge in [0.1, 0.15) is 0 Å². The largest absolute Gasteiger partial charge is 0.463 e. The minimum Gasteiger partial charge on any atom is -0.463 e. The smallest absolute Gasteiger partial charge is 0.374 e. The maximum Gasteiger partial charge on any atom is 0.374 e. The molecule has 0 unspecified atom stereocenters. The van der Waals surface area contributed by atoms with Gasteiger partial charge in [-0.15, -0.1) is 0 Å². The molecule has 4 heteroatoms. The van der Waals surface area contributed by atoms with Crippen LogP contribution in [0.3, 0.4) is 0 Å². The fraction of sp³-hybridized carbons (Fsp3) is 0.273. The summed E-state index contributed by atoms with van der Waals surface area (Å²) in [7, 11) is 1.18. The van der Waals surface area contributed by atoms with E-state index in [1.54, 1.807) is 12.1 Å². The molecule has 0 saturated heterocycles. The van der Waals surface area contributed by atoms with Crippen LogP contribution in [-0.2, 0) is 20.7 Å². The summed E-state index contributed by atoms with van der Waals surface area (Å²) >= 11 is 5.88. The lowest BCUT2D eigenvalue weighted by Crippen LogP contribution is -2.17. The average molecular weight is 227 g/mol. The summed E-state index contributed by atoms with van der Waals surface area (Å²) in [6.07, 6.45) is 0.0205. The number of Topliss-reactive ketones (excluding diaryl/α,β-unsaturated/α-hetero) is 1. The Morgan fingerprint density at radius 3 is 2.60 bits per heavy atom. The molecule has 15 heavy (non-hydrogen) atoms. The number of halogens is 1. The molecule has 0 spiro atoms. The van der Waals surface area contributed by atoms with Crippen LogP contribution in [-0.4, -0.2) is 18.9 Å². The van der Waals surface area contributed by atoms with Gasteiger partial charge in [-0.1, -0.05) is 23.7 Å². The molecule has 0 heterocycles. The Kier molecular flexibility index (Phi) is 3.86. The van der Waals surface area contributed by atoms with Gasteiger partial charge in [-0.2, -0.15) is 0 Å². The van der Waals surface area contributed by atoms with Gasteiger partial charge in [0.15, 0.2) is 0 Å². The third-order valence-electron chi connectivity index (χ3n) is 2.01. The van der Waals surface area contributed by atoms with E-state index in [9.17, 15) is 9.59 Å². The van der Waals surface area contributed by atoms with E-state index in [2.05, 4.69) is 4.74 Å². The number of benzene rings is 1. The number of esters is 1. The van der Waals surface area contributed by atoms with Crippen molar-refractivity contribution in [3.05, 3.63) is 34.3 Å². The molecule has 0 N–H and O–H groups in total. The van der Waals surface area contributed by atoms with Gasteiger partial charge in [-0.3, -0.25) is 4.79 Å². The lowest BCUT2D eigenvalue weighted by molar-refractivity contribution is -0.151. The maximum absolute atomic E-state index is 11.2. The van der Waals surface area contributed by atoms with E-state index in [0.717, 1.165) is 5.56 Å². The van der Waals surface area contributed by atoms with Crippen LogP contribution in [0.25, 0.3) is 0 Å². The zero-order chi connectivity index (χ0) is 11.4. The van der Waals surface area contributed by atoms with E-state index in [1.165, 1.54) is 7.11 Å². The van der Waals surface area contributed by atoms with Crippen LogP contribution in [0.15, 0.2) is 18.2 Å². The molecule has 0 aromatic heterocycles. The predicted molar refractivity (Wildman–Crippen MR) is 56.9 cm³/mol. The van der Waals surface area contributed by atoms with Crippen LogP contribution >= 0.6 is 11.6 Å². The molecule has 0 bridgehead atoms. The Morgan fingerprint density at radius 2 is 2.07 bits per heavy atom. The number of ether oxygens (including phenoxy) is 1. The minimum absolute atomic E-state index is 0.0205. The molecule has 0 radical (unpaired) electrons. The van der Waals surface area contributed by atoms with Crippen LogP contribution in [0.4, 0.5) is 0 Å². The molecule has 80 valence electrons. The van der Waals surface area contributed by atoms with E-state index in [-0.39, 0.29) is 6.42 Å². The van der Waals surface area contributed by atoms with Gasteiger partial charge >= 0.3 is 5.97 Å². The molecule has 0 aliphatic heterocycles. The zero-order valence-corrected chi connectivity index (χ0v) is 9.30. The summed E-state index contributed by atoms with van der Waals surface area (Å²) in [5.74, 6) is -1.40. The predicted octanol–water partition coefficient (Wildman–Crippen LogP) is 1.93. The molecular weight excluding hydrogens is 216 g/mol. The first-order valence-corrected chi connectivity index (χ1v) is 4.78. The molecular formula is C11H11ClO3. The second-order valence-electron chi connectivity index (χ2n) is 3.18. The maximum atomic E-state index is 11.2. The number of ketones is 1. The summed E-state index contributed by atoms with van der Waals surface area (Å²) in [5.41, 5.74) is 1.65. The van der Waals surface area contributed by atoms with Crippen molar-refractivity contribution in [3.8, 4) is 0 Å². The van der Waals surface area contributed by atoms with E-state index in [0.29, 0.717) is 10.6 Å². The molecule has 0 atom stereocenters. The SMILES string of the molecule is COC(=O)C(=O)Cc1ccc(C)c(Cl)c1. The van der Waals surface area contributed by atoms with E-state index >= 15 is 0 Å². The van der Waals surface area contributed by atoms with Gasteiger partial charge in [0, 0.05) is 11.4 Å². The molecule has 0 saturated carbocycles. The molecule has 1 aromatic carbocycles. The van der Waals surface area contributed by atoms with Crippen molar-refractivity contribution in [3.63, 3.8) is 0 Å². The summed E-state index contributed by atoms with van der Waals surface area (Å²) in [6.45, 7) is 1.87. The van der Waals surface area contributed by atoms with Gasteiger partial charge in [0.05, 0.1) is 7.11 Å². The van der Waals surface area contributed by atoms with Crippen molar-refractivity contribution >= 4 is 23.4 Å². The first-order chi connectivity index (χ1) is 7.04. The fourth-order valence-corrected chi connectivity index (χ4v) is 1.32. The van der Waals surface area contributed by atoms with Crippen molar-refractivity contribution in [1.82, 2.24) is 0 Å². The number of hydrogen-bond donors (Lipinski definition) is 0. The molecule has 1 rings (SSSR count). The normalized spacial score (nSPS) is 9.80. The monoisotopic (exact) mass is 226 g/mol. The van der Waals surface area contributed by atoms with Crippen LogP contribution < -0.4 is 0 Å². The van der Waals surface area contributed by atoms with Crippen LogP contribution in [0.2, 0.25) is 5.02 Å². The molecule has 3 nitrogen and oxygen atoms in total. The summed E-state index contributed by atoms with van der Waals surface area (Å²) in [6, 6.07) is 5.25. The first-order valence-electron chi connectivity index (χ1n) is 4.40. The average Bonchev–Trinajstić information content (AvgIpc) is 2.22. The fourth-order valence-electron chi connectivity index (χ4n) is 1.12. The topological polar surface area (TPSA) is 43.4 Å². The standard InChI is InChI=1S/C11H11ClO3/c1-7-3-4-8(5-9(7)12)6-10(13)11(14)15-2/h3-5H,6H2,1-2H3. The summed E-state index contributed by atoms with van der Waals surface area (Å²) < 4.78 is 4.32. The van der Waals surface area contributed by atoms with Crippen LogP contribution in [0.1, 0.15) is 11.1 Å². The van der Waals surface area contributed by atoms with Crippen molar-refractivity contribution in [2.45, 2.75) is 13.3 Å². The zero-order valence-electron chi connectivity index (χ0n) is 8.54. The lowest BCUT2D eigenvalue weighted by Gasteiger charge is -2.02. The third kappa shape index (κ3) is 3.06. The van der Waals surface area contributed by atoms with Crippen molar-refractivity contribution in [2.75, 3.05) is 7.11 Å². The number of hydrogen-bond acceptors (Lipinski definition) is 3. The number of aryl methyl sites for hydroxylation is 1. The van der Waals surface area contributed by atoms with Gasteiger partial charge in [0.25, 0.3) is 0 Å². The van der Waals surface area contributed by atoms with Gasteiger partial charge in [-0.25, -0.2) is 4.79 Å². The highest BCUT2D eigenvalue weighted by molar-refractivity contribution is 6.34. The van der Waals surface area contributed by atoms with Crippen molar-refractivity contribution < 1.29 is 14.3 Å². The Hall–Kier alpha value is -1.35. The number of methoxy groups -OCH3 is 1. The number of carbonyl (C=O) groups excluding carboxylic acids is 2. The molecule has 0 aliphatic carbocycles. The minimum atomic E-state index is -0.827. The number of rotatable bonds is 3. The molecule has 0 amide bonds. The molecule has 0 fully saturated rings. The van der Waals surface area contributed by atoms with Crippen LogP contribution in [0, 0.1) is 6.92 Å². The highest BCUT2D eigenvalue weighted by atomic mass is 35.5. The van der Waals surface area contributed by atoms with E-state index in [4.69, 9.17) is 11.6 Å². The first kappa shape index (κ1) is 11.7. The highest BCUT2D eigenvalue weighted by Gasteiger charge is 2.14. The summed E-state index contributed by atoms with van der Waals surface area (Å²) in [5, 5.41) is 0.588. The molecule has 0 aliphatic rings. The van der Waals surface area contributed by atoms with Gasteiger partial charge in [0.2, 0.25) is 5.78 Å².